The normalized spacial score (nSPS) is 15.0. The summed E-state index contributed by atoms with van der Waals surface area (Å²) in [5, 5.41) is 8.34. The van der Waals surface area contributed by atoms with Gasteiger partial charge in [-0.15, -0.1) is 10.2 Å². The lowest BCUT2D eigenvalue weighted by atomic mass is 10.2. The van der Waals surface area contributed by atoms with Gasteiger partial charge in [0.25, 0.3) is 0 Å². The van der Waals surface area contributed by atoms with Crippen molar-refractivity contribution in [2.45, 2.75) is 33.0 Å². The van der Waals surface area contributed by atoms with E-state index in [0.29, 0.717) is 49.2 Å². The molecule has 4 rings (SSSR count). The number of carbonyl (C=O) groups excluding carboxylic acids is 1. The van der Waals surface area contributed by atoms with Crippen LogP contribution in [0.15, 0.2) is 36.7 Å². The quantitative estimate of drug-likeness (QED) is 0.498. The minimum absolute atomic E-state index is 0.0578. The van der Waals surface area contributed by atoms with E-state index in [4.69, 9.17) is 9.47 Å². The third kappa shape index (κ3) is 6.32. The summed E-state index contributed by atoms with van der Waals surface area (Å²) in [5.74, 6) is 1.01. The predicted octanol–water partition coefficient (Wildman–Crippen LogP) is 3.32. The van der Waals surface area contributed by atoms with E-state index in [1.807, 2.05) is 20.8 Å². The van der Waals surface area contributed by atoms with Crippen molar-refractivity contribution in [2.24, 2.45) is 0 Å². The summed E-state index contributed by atoms with van der Waals surface area (Å²) in [6.45, 7) is 6.35. The van der Waals surface area contributed by atoms with Crippen molar-refractivity contribution in [2.75, 3.05) is 39.3 Å². The average Bonchev–Trinajstić information content (AvgIpc) is 3.24. The highest BCUT2D eigenvalue weighted by atomic mass is 19.3. The van der Waals surface area contributed by atoms with E-state index in [1.165, 1.54) is 12.1 Å². The highest BCUT2D eigenvalue weighted by Crippen LogP contribution is 2.25. The Morgan fingerprint density at radius 3 is 2.43 bits per heavy atom. The average molecular weight is 491 g/mol. The topological polar surface area (TPSA) is 94.3 Å². The molecule has 35 heavy (non-hydrogen) atoms. The summed E-state index contributed by atoms with van der Waals surface area (Å²) in [6, 6.07) is 6.15. The maximum atomic E-state index is 12.4. The molecular weight excluding hydrogens is 462 g/mol. The van der Waals surface area contributed by atoms with Crippen molar-refractivity contribution >= 4 is 11.7 Å². The second kappa shape index (κ2) is 10.4. The first-order chi connectivity index (χ1) is 16.7. The molecule has 10 nitrogen and oxygen atoms in total. The van der Waals surface area contributed by atoms with Crippen molar-refractivity contribution < 1.29 is 27.8 Å². The number of fused-ring (bicyclic) bond motifs is 1. The second-order valence-electron chi connectivity index (χ2n) is 9.02. The molecule has 3 aromatic rings. The first-order valence-corrected chi connectivity index (χ1v) is 11.3. The molecule has 1 saturated heterocycles. The Bertz CT molecular complexity index is 1140. The number of amides is 1. The summed E-state index contributed by atoms with van der Waals surface area (Å²) in [7, 11) is 0. The number of piperazine rings is 1. The minimum Gasteiger partial charge on any atom is -0.476 e. The molecule has 1 fully saturated rings. The van der Waals surface area contributed by atoms with Crippen LogP contribution in [-0.2, 0) is 4.74 Å². The molecule has 1 aliphatic rings. The zero-order chi connectivity index (χ0) is 25.0. The Kier molecular flexibility index (Phi) is 7.29. The summed E-state index contributed by atoms with van der Waals surface area (Å²) < 4.78 is 42.4. The Hall–Kier alpha value is -3.54. The number of alkyl halides is 2. The third-order valence-electron chi connectivity index (χ3n) is 5.30. The number of halogens is 2. The Morgan fingerprint density at radius 2 is 1.77 bits per heavy atom. The molecule has 12 heteroatoms. The highest BCUT2D eigenvalue weighted by Gasteiger charge is 2.25. The molecule has 3 heterocycles. The molecule has 0 aliphatic carbocycles. The fourth-order valence-corrected chi connectivity index (χ4v) is 3.66. The first kappa shape index (κ1) is 24.6. The zero-order valence-corrected chi connectivity index (χ0v) is 19.9. The van der Waals surface area contributed by atoms with Crippen LogP contribution >= 0.6 is 0 Å². The van der Waals surface area contributed by atoms with Gasteiger partial charge in [-0.05, 0) is 45.0 Å². The molecule has 0 bridgehead atoms. The largest absolute Gasteiger partial charge is 0.476 e. The van der Waals surface area contributed by atoms with Gasteiger partial charge >= 0.3 is 12.7 Å². The lowest BCUT2D eigenvalue weighted by Crippen LogP contribution is -2.50. The van der Waals surface area contributed by atoms with Crippen LogP contribution in [0.25, 0.3) is 17.0 Å². The van der Waals surface area contributed by atoms with Gasteiger partial charge < -0.3 is 19.1 Å². The molecule has 0 unspecified atom stereocenters. The van der Waals surface area contributed by atoms with Crippen molar-refractivity contribution in [1.29, 1.82) is 0 Å². The lowest BCUT2D eigenvalue weighted by molar-refractivity contribution is -0.0498. The van der Waals surface area contributed by atoms with Crippen LogP contribution in [0.4, 0.5) is 13.6 Å². The SMILES string of the molecule is CC(C)(C)OC(=O)N1CCN(CCOc2cncc3nnc(-c4ccc(OC(F)F)cc4)n23)CC1. The summed E-state index contributed by atoms with van der Waals surface area (Å²) in [6.07, 6.45) is 2.85. The molecule has 0 saturated carbocycles. The smallest absolute Gasteiger partial charge is 0.410 e. The first-order valence-electron chi connectivity index (χ1n) is 11.3. The molecular formula is C23H28F2N6O4. The van der Waals surface area contributed by atoms with Crippen LogP contribution in [0, 0.1) is 0 Å². The number of benzene rings is 1. The molecule has 2 aromatic heterocycles. The third-order valence-corrected chi connectivity index (χ3v) is 5.30. The van der Waals surface area contributed by atoms with Crippen LogP contribution in [-0.4, -0.2) is 87.0 Å². The van der Waals surface area contributed by atoms with Crippen molar-refractivity contribution in [1.82, 2.24) is 29.4 Å². The fourth-order valence-electron chi connectivity index (χ4n) is 3.66. The number of carbonyl (C=O) groups is 1. The number of ether oxygens (including phenoxy) is 3. The van der Waals surface area contributed by atoms with Crippen LogP contribution in [0.1, 0.15) is 20.8 Å². The van der Waals surface area contributed by atoms with Crippen LogP contribution in [0.3, 0.4) is 0 Å². The van der Waals surface area contributed by atoms with Gasteiger partial charge in [-0.3, -0.25) is 9.88 Å². The molecule has 0 radical (unpaired) electrons. The van der Waals surface area contributed by atoms with Gasteiger partial charge in [0.05, 0.1) is 12.4 Å². The van der Waals surface area contributed by atoms with E-state index in [9.17, 15) is 13.6 Å². The van der Waals surface area contributed by atoms with E-state index in [2.05, 4.69) is 24.8 Å². The summed E-state index contributed by atoms with van der Waals surface area (Å²) in [4.78, 5) is 20.3. The molecule has 1 aliphatic heterocycles. The van der Waals surface area contributed by atoms with Crippen LogP contribution in [0.5, 0.6) is 11.6 Å². The molecule has 188 valence electrons. The lowest BCUT2D eigenvalue weighted by Gasteiger charge is -2.35. The predicted molar refractivity (Wildman–Crippen MR) is 123 cm³/mol. The molecule has 0 N–H and O–H groups in total. The van der Waals surface area contributed by atoms with Crippen molar-refractivity contribution in [3.05, 3.63) is 36.7 Å². The highest BCUT2D eigenvalue weighted by molar-refractivity contribution is 5.68. The second-order valence-corrected chi connectivity index (χ2v) is 9.02. The maximum absolute atomic E-state index is 12.4. The van der Waals surface area contributed by atoms with Crippen LogP contribution < -0.4 is 9.47 Å². The molecule has 0 atom stereocenters. The Morgan fingerprint density at radius 1 is 1.06 bits per heavy atom. The summed E-state index contributed by atoms with van der Waals surface area (Å²) >= 11 is 0. The maximum Gasteiger partial charge on any atom is 0.410 e. The fraction of sp³-hybridized carbons (Fsp3) is 0.478. The Balaban J connectivity index is 1.36. The number of rotatable bonds is 7. The van der Waals surface area contributed by atoms with E-state index >= 15 is 0 Å². The van der Waals surface area contributed by atoms with E-state index in [-0.39, 0.29) is 11.8 Å². The number of nitrogens with zero attached hydrogens (tertiary/aromatic N) is 6. The zero-order valence-electron chi connectivity index (χ0n) is 19.9. The van der Waals surface area contributed by atoms with Gasteiger partial charge in [0, 0.05) is 38.3 Å². The molecule has 1 amide bonds. The summed E-state index contributed by atoms with van der Waals surface area (Å²) in [5.41, 5.74) is 0.643. The van der Waals surface area contributed by atoms with Gasteiger partial charge in [-0.2, -0.15) is 8.78 Å². The van der Waals surface area contributed by atoms with E-state index in [1.54, 1.807) is 33.8 Å². The minimum atomic E-state index is -2.89. The van der Waals surface area contributed by atoms with Gasteiger partial charge in [0.2, 0.25) is 5.88 Å². The van der Waals surface area contributed by atoms with E-state index < -0.39 is 12.2 Å². The number of hydrogen-bond acceptors (Lipinski definition) is 8. The van der Waals surface area contributed by atoms with Crippen LogP contribution in [0.2, 0.25) is 0 Å². The molecule has 1 aromatic carbocycles. The molecule has 0 spiro atoms. The van der Waals surface area contributed by atoms with Crippen molar-refractivity contribution in [3.63, 3.8) is 0 Å². The standard InChI is InChI=1S/C23H28F2N6O4/c1-23(2,3)35-22(32)30-10-8-29(9-11-30)12-13-33-19-15-26-14-18-27-28-20(31(18)19)16-4-6-17(7-5-16)34-21(24)25/h4-7,14-15,21H,8-13H2,1-3H3. The van der Waals surface area contributed by atoms with Gasteiger partial charge in [0.1, 0.15) is 18.0 Å². The Labute approximate surface area is 201 Å². The van der Waals surface area contributed by atoms with Gasteiger partial charge in [0.15, 0.2) is 11.5 Å². The number of hydrogen-bond donors (Lipinski definition) is 0. The van der Waals surface area contributed by atoms with Gasteiger partial charge in [-0.25, -0.2) is 9.20 Å². The van der Waals surface area contributed by atoms with Gasteiger partial charge in [-0.1, -0.05) is 0 Å². The van der Waals surface area contributed by atoms with E-state index in [0.717, 1.165) is 13.1 Å². The monoisotopic (exact) mass is 490 g/mol. The number of aromatic nitrogens is 4. The van der Waals surface area contributed by atoms with Crippen molar-refractivity contribution in [3.8, 4) is 23.0 Å².